The number of hydrogen-bond donors (Lipinski definition) is 6. The first-order valence-electron chi connectivity index (χ1n) is 23.2. The molecule has 0 aromatic rings. The van der Waals surface area contributed by atoms with E-state index in [9.17, 15) is 44.6 Å². The van der Waals surface area contributed by atoms with E-state index in [4.69, 9.17) is 23.3 Å². The molecule has 2 rings (SSSR count). The summed E-state index contributed by atoms with van der Waals surface area (Å²) in [5.41, 5.74) is 0. The normalized spacial score (nSPS) is 25.7. The van der Waals surface area contributed by atoms with Crippen LogP contribution >= 0.6 is 7.82 Å². The van der Waals surface area contributed by atoms with Crippen LogP contribution in [0.25, 0.3) is 0 Å². The summed E-state index contributed by atoms with van der Waals surface area (Å²) >= 11 is 0. The summed E-state index contributed by atoms with van der Waals surface area (Å²) in [7, 11) is -5.15. The van der Waals surface area contributed by atoms with E-state index in [0.29, 0.717) is 19.3 Å². The van der Waals surface area contributed by atoms with Gasteiger partial charge in [0, 0.05) is 12.8 Å². The van der Waals surface area contributed by atoms with Crippen LogP contribution in [0.15, 0.2) is 60.8 Å². The number of esters is 2. The molecule has 1 saturated carbocycles. The molecule has 2 fully saturated rings. The number of carbonyl (C=O) groups is 2. The van der Waals surface area contributed by atoms with Gasteiger partial charge in [0.05, 0.1) is 18.8 Å². The summed E-state index contributed by atoms with van der Waals surface area (Å²) in [5.74, 6) is -1.20. The number of hydrogen-bond acceptors (Lipinski definition) is 13. The molecular weight excluding hydrogens is 819 g/mol. The maximum absolute atomic E-state index is 12.8. The summed E-state index contributed by atoms with van der Waals surface area (Å²) in [5, 5.41) is 50.2. The SMILES string of the molecule is CCCCC/C=C\C/C=C\C/C=C\CC1OC1CCCC(=O)O[C@H](COC(=O)CCCCCCC/C=C\C/C=C\CCCCC)COP(=O)(O)OC1[C@H](O)[C@H](O)C(O)[C@H](O)[C@H]1O. The number of carbonyl (C=O) groups excluding carboxylic acids is 2. The zero-order chi connectivity index (χ0) is 45.4. The Hall–Kier alpha value is -2.49. The Kier molecular flexibility index (Phi) is 30.5. The highest BCUT2D eigenvalue weighted by Gasteiger charge is 2.51. The Labute approximate surface area is 370 Å². The maximum Gasteiger partial charge on any atom is 0.472 e. The zero-order valence-corrected chi connectivity index (χ0v) is 38.2. The van der Waals surface area contributed by atoms with Crippen LogP contribution in [0.4, 0.5) is 0 Å². The van der Waals surface area contributed by atoms with Crippen LogP contribution < -0.4 is 0 Å². The molecule has 2 aliphatic rings. The van der Waals surface area contributed by atoms with Gasteiger partial charge < -0.3 is 44.6 Å². The number of aliphatic hydroxyl groups is 5. The van der Waals surface area contributed by atoms with Crippen molar-refractivity contribution in [1.29, 1.82) is 0 Å². The molecule has 10 atom stereocenters. The van der Waals surface area contributed by atoms with Crippen LogP contribution in [0, 0.1) is 0 Å². The first kappa shape index (κ1) is 55.6. The molecule has 5 unspecified atom stereocenters. The number of phosphoric acid groups is 1. The standard InChI is InChI=1S/C47H79O14P/c1-3-5-7-9-11-13-15-17-18-19-21-23-25-27-29-33-40(48)57-35-37(36-58-62(55,56)61-47-45(53)43(51)42(50)44(52)46(47)54)59-41(49)34-30-32-39-38(60-39)31-28-26-24-22-20-16-14-12-10-8-6-4-2/h11-14,17-18,20,22,26,28,37-39,42-47,50-54H,3-10,15-16,19,21,23-25,27,29-36H2,1-2H3,(H,55,56)/b13-11-,14-12-,18-17-,22-20-,28-26-/t37-,38?,39?,42?,43-,44+,45-,46-,47?/m1/s1. The third-order valence-electron chi connectivity index (χ3n) is 10.8. The Bertz CT molecular complexity index is 1380. The van der Waals surface area contributed by atoms with E-state index in [1.807, 2.05) is 0 Å². The van der Waals surface area contributed by atoms with E-state index in [-0.39, 0.29) is 25.0 Å². The zero-order valence-electron chi connectivity index (χ0n) is 37.3. The highest BCUT2D eigenvalue weighted by molar-refractivity contribution is 7.47. The molecule has 0 bridgehead atoms. The Balaban J connectivity index is 1.76. The van der Waals surface area contributed by atoms with E-state index in [1.165, 1.54) is 38.5 Å². The van der Waals surface area contributed by atoms with Crippen LogP contribution in [-0.2, 0) is 37.4 Å². The van der Waals surface area contributed by atoms with E-state index in [1.54, 1.807) is 0 Å². The summed E-state index contributed by atoms with van der Waals surface area (Å²) in [6.07, 6.45) is 28.5. The van der Waals surface area contributed by atoms with Crippen molar-refractivity contribution in [2.45, 2.75) is 210 Å². The number of aliphatic hydroxyl groups excluding tert-OH is 5. The quantitative estimate of drug-likeness (QED) is 0.0116. The predicted octanol–water partition coefficient (Wildman–Crippen LogP) is 7.93. The fourth-order valence-electron chi connectivity index (χ4n) is 6.87. The molecule has 0 aromatic carbocycles. The van der Waals surface area contributed by atoms with Crippen molar-refractivity contribution in [2.24, 2.45) is 0 Å². The van der Waals surface area contributed by atoms with Crippen LogP contribution in [0.2, 0.25) is 0 Å². The summed E-state index contributed by atoms with van der Waals surface area (Å²) in [6.45, 7) is 3.16. The second-order valence-corrected chi connectivity index (χ2v) is 17.7. The molecular formula is C47H79O14P. The average Bonchev–Trinajstić information content (AvgIpc) is 4.01. The number of allylic oxidation sites excluding steroid dienone is 9. The summed E-state index contributed by atoms with van der Waals surface area (Å²) in [4.78, 5) is 35.8. The summed E-state index contributed by atoms with van der Waals surface area (Å²) in [6, 6.07) is 0. The molecule has 1 heterocycles. The fraction of sp³-hybridized carbons (Fsp3) is 0.745. The van der Waals surface area contributed by atoms with E-state index in [2.05, 4.69) is 74.6 Å². The molecule has 14 nitrogen and oxygen atoms in total. The van der Waals surface area contributed by atoms with Crippen molar-refractivity contribution in [3.63, 3.8) is 0 Å². The van der Waals surface area contributed by atoms with Crippen molar-refractivity contribution in [3.8, 4) is 0 Å². The van der Waals surface area contributed by atoms with Gasteiger partial charge in [-0.2, -0.15) is 0 Å². The first-order valence-corrected chi connectivity index (χ1v) is 24.7. The fourth-order valence-corrected chi connectivity index (χ4v) is 7.85. The highest BCUT2D eigenvalue weighted by atomic mass is 31.2. The predicted molar refractivity (Wildman–Crippen MR) is 239 cm³/mol. The van der Waals surface area contributed by atoms with Gasteiger partial charge in [-0.25, -0.2) is 4.57 Å². The van der Waals surface area contributed by atoms with E-state index < -0.39 is 75.7 Å². The molecule has 1 saturated heterocycles. The van der Waals surface area contributed by atoms with Crippen molar-refractivity contribution in [3.05, 3.63) is 60.8 Å². The highest BCUT2D eigenvalue weighted by Crippen LogP contribution is 2.47. The molecule has 6 N–H and O–H groups in total. The minimum Gasteiger partial charge on any atom is -0.462 e. The molecule has 1 aliphatic heterocycles. The lowest BCUT2D eigenvalue weighted by Crippen LogP contribution is -2.64. The molecule has 0 aromatic heterocycles. The van der Waals surface area contributed by atoms with Crippen LogP contribution in [-0.4, -0.2) is 111 Å². The summed E-state index contributed by atoms with van der Waals surface area (Å²) < 4.78 is 39.3. The van der Waals surface area contributed by atoms with Gasteiger partial charge in [0.25, 0.3) is 0 Å². The molecule has 356 valence electrons. The lowest BCUT2D eigenvalue weighted by atomic mass is 9.85. The van der Waals surface area contributed by atoms with Gasteiger partial charge >= 0.3 is 19.8 Å². The Morgan fingerprint density at radius 3 is 1.65 bits per heavy atom. The molecule has 62 heavy (non-hydrogen) atoms. The number of epoxide rings is 1. The Morgan fingerprint density at radius 2 is 1.06 bits per heavy atom. The van der Waals surface area contributed by atoms with Gasteiger partial charge in [-0.3, -0.25) is 18.6 Å². The molecule has 1 aliphatic carbocycles. The van der Waals surface area contributed by atoms with Crippen molar-refractivity contribution >= 4 is 19.8 Å². The van der Waals surface area contributed by atoms with Crippen molar-refractivity contribution < 1.29 is 67.8 Å². The van der Waals surface area contributed by atoms with Gasteiger partial charge in [-0.15, -0.1) is 0 Å². The van der Waals surface area contributed by atoms with Gasteiger partial charge in [0.2, 0.25) is 0 Å². The van der Waals surface area contributed by atoms with Crippen molar-refractivity contribution in [1.82, 2.24) is 0 Å². The van der Waals surface area contributed by atoms with Gasteiger partial charge in [0.15, 0.2) is 6.10 Å². The third kappa shape index (κ3) is 25.7. The topological polar surface area (TPSA) is 222 Å². The second-order valence-electron chi connectivity index (χ2n) is 16.3. The van der Waals surface area contributed by atoms with E-state index in [0.717, 1.165) is 70.6 Å². The average molecular weight is 899 g/mol. The lowest BCUT2D eigenvalue weighted by molar-refractivity contribution is -0.220. The smallest absolute Gasteiger partial charge is 0.462 e. The molecule has 0 amide bonds. The second kappa shape index (κ2) is 33.9. The minimum absolute atomic E-state index is 0.00250. The van der Waals surface area contributed by atoms with Crippen LogP contribution in [0.3, 0.4) is 0 Å². The number of rotatable bonds is 36. The van der Waals surface area contributed by atoms with Gasteiger partial charge in [0.1, 0.15) is 43.2 Å². The Morgan fingerprint density at radius 1 is 0.581 bits per heavy atom. The van der Waals surface area contributed by atoms with Crippen molar-refractivity contribution in [2.75, 3.05) is 13.2 Å². The van der Waals surface area contributed by atoms with Gasteiger partial charge in [-0.05, 0) is 83.5 Å². The lowest BCUT2D eigenvalue weighted by Gasteiger charge is -2.41. The molecule has 15 heteroatoms. The minimum atomic E-state index is -5.15. The number of ether oxygens (including phenoxy) is 3. The van der Waals surface area contributed by atoms with Crippen LogP contribution in [0.5, 0.6) is 0 Å². The van der Waals surface area contributed by atoms with E-state index >= 15 is 0 Å². The molecule has 0 spiro atoms. The van der Waals surface area contributed by atoms with Gasteiger partial charge in [-0.1, -0.05) is 120 Å². The first-order chi connectivity index (χ1) is 29.9. The largest absolute Gasteiger partial charge is 0.472 e. The third-order valence-corrected chi connectivity index (χ3v) is 11.7. The van der Waals surface area contributed by atoms with Crippen LogP contribution in [0.1, 0.15) is 155 Å². The number of phosphoric ester groups is 1. The monoisotopic (exact) mass is 899 g/mol. The molecule has 0 radical (unpaired) electrons. The maximum atomic E-state index is 12.8. The number of unbranched alkanes of at least 4 members (excludes halogenated alkanes) is 11.